The molecule has 2 aliphatic rings. The molecule has 0 spiro atoms. The number of hydrogen-bond donors (Lipinski definition) is 3. The van der Waals surface area contributed by atoms with Gasteiger partial charge in [0, 0.05) is 16.5 Å². The van der Waals surface area contributed by atoms with Gasteiger partial charge in [-0.25, -0.2) is 0 Å². The fourth-order valence-corrected chi connectivity index (χ4v) is 4.99. The molecule has 0 bridgehead atoms. The molecule has 3 N–H and O–H groups in total. The minimum atomic E-state index is -0.845. The van der Waals surface area contributed by atoms with E-state index in [1.54, 1.807) is 11.8 Å². The first-order valence-corrected chi connectivity index (χ1v) is 11.4. The number of carbonyl (C=O) groups is 1. The van der Waals surface area contributed by atoms with E-state index in [4.69, 9.17) is 21.1 Å². The number of carboxylic acid groups (broad SMARTS) is 1. The molecule has 2 aromatic carbocycles. The standard InChI is InChI=1S/C23H25ClN2O4S/c1-13(2)21-19(14-6-8-17(24)9-7-14)26-23(31-21)25-11-16(22(27)28)10-15-4-3-5-18-20(15)30-12-29-18/h3-9,13,16,23,25-26H,10-12H2,1-2H3,(H,27,28). The van der Waals surface area contributed by atoms with Crippen molar-refractivity contribution in [1.29, 1.82) is 0 Å². The molecule has 2 heterocycles. The van der Waals surface area contributed by atoms with Crippen LogP contribution in [0.4, 0.5) is 0 Å². The average Bonchev–Trinajstić information content (AvgIpc) is 3.39. The van der Waals surface area contributed by atoms with Gasteiger partial charge < -0.3 is 19.9 Å². The number of para-hydroxylation sites is 1. The Morgan fingerprint density at radius 3 is 2.74 bits per heavy atom. The maximum atomic E-state index is 11.9. The lowest BCUT2D eigenvalue weighted by Gasteiger charge is -2.19. The first-order valence-electron chi connectivity index (χ1n) is 10.2. The van der Waals surface area contributed by atoms with Crippen molar-refractivity contribution in [3.05, 3.63) is 63.5 Å². The third-order valence-electron chi connectivity index (χ3n) is 5.27. The van der Waals surface area contributed by atoms with Crippen LogP contribution in [0.2, 0.25) is 5.02 Å². The van der Waals surface area contributed by atoms with Crippen LogP contribution in [0.25, 0.3) is 5.70 Å². The van der Waals surface area contributed by atoms with Gasteiger partial charge in [-0.2, -0.15) is 0 Å². The van der Waals surface area contributed by atoms with E-state index in [9.17, 15) is 9.90 Å². The molecule has 4 rings (SSSR count). The van der Waals surface area contributed by atoms with E-state index in [1.165, 1.54) is 4.91 Å². The highest BCUT2D eigenvalue weighted by Crippen LogP contribution is 2.39. The number of ether oxygens (including phenoxy) is 2. The summed E-state index contributed by atoms with van der Waals surface area (Å²) in [7, 11) is 0. The Bertz CT molecular complexity index is 994. The number of nitrogens with one attached hydrogen (secondary N) is 2. The Morgan fingerprint density at radius 1 is 1.26 bits per heavy atom. The van der Waals surface area contributed by atoms with Crippen LogP contribution in [0.3, 0.4) is 0 Å². The number of allylic oxidation sites excluding steroid dienone is 1. The number of halogens is 1. The lowest BCUT2D eigenvalue weighted by atomic mass is 9.98. The van der Waals surface area contributed by atoms with E-state index in [2.05, 4.69) is 24.5 Å². The van der Waals surface area contributed by atoms with Gasteiger partial charge in [-0.15, -0.1) is 0 Å². The molecule has 6 nitrogen and oxygen atoms in total. The molecule has 2 aliphatic heterocycles. The van der Waals surface area contributed by atoms with Crippen LogP contribution in [0.5, 0.6) is 11.5 Å². The zero-order valence-electron chi connectivity index (χ0n) is 17.4. The van der Waals surface area contributed by atoms with Crippen LogP contribution in [0.15, 0.2) is 47.4 Å². The van der Waals surface area contributed by atoms with Crippen LogP contribution in [-0.2, 0) is 11.2 Å². The predicted octanol–water partition coefficient (Wildman–Crippen LogP) is 4.55. The van der Waals surface area contributed by atoms with Crippen molar-refractivity contribution in [3.63, 3.8) is 0 Å². The molecule has 31 heavy (non-hydrogen) atoms. The van der Waals surface area contributed by atoms with Crippen molar-refractivity contribution in [2.24, 2.45) is 11.8 Å². The zero-order chi connectivity index (χ0) is 22.0. The average molecular weight is 461 g/mol. The number of thioether (sulfide) groups is 1. The molecule has 8 heteroatoms. The molecule has 0 aliphatic carbocycles. The van der Waals surface area contributed by atoms with E-state index < -0.39 is 11.9 Å². The molecule has 2 unspecified atom stereocenters. The zero-order valence-corrected chi connectivity index (χ0v) is 18.9. The van der Waals surface area contributed by atoms with Crippen molar-refractivity contribution >= 4 is 35.0 Å². The Morgan fingerprint density at radius 2 is 2.03 bits per heavy atom. The summed E-state index contributed by atoms with van der Waals surface area (Å²) in [5, 5.41) is 17.4. The number of carboxylic acids is 1. The third-order valence-corrected chi connectivity index (χ3v) is 6.97. The second-order valence-corrected chi connectivity index (χ2v) is 9.42. The van der Waals surface area contributed by atoms with Crippen molar-refractivity contribution in [3.8, 4) is 11.5 Å². The van der Waals surface area contributed by atoms with E-state index in [1.807, 2.05) is 42.5 Å². The minimum absolute atomic E-state index is 0.106. The van der Waals surface area contributed by atoms with Crippen LogP contribution in [-0.4, -0.2) is 29.9 Å². The summed E-state index contributed by atoms with van der Waals surface area (Å²) in [6.45, 7) is 4.80. The lowest BCUT2D eigenvalue weighted by Crippen LogP contribution is -2.40. The summed E-state index contributed by atoms with van der Waals surface area (Å²) in [4.78, 5) is 13.2. The van der Waals surface area contributed by atoms with Gasteiger partial charge in [-0.05, 0) is 41.7 Å². The maximum Gasteiger partial charge on any atom is 0.308 e. The Hall–Kier alpha value is -2.35. The Kier molecular flexibility index (Phi) is 6.65. The van der Waals surface area contributed by atoms with Crippen LogP contribution in [0.1, 0.15) is 25.0 Å². The highest BCUT2D eigenvalue weighted by Gasteiger charge is 2.29. The number of benzene rings is 2. The van der Waals surface area contributed by atoms with Gasteiger partial charge >= 0.3 is 5.97 Å². The van der Waals surface area contributed by atoms with E-state index in [-0.39, 0.29) is 12.3 Å². The van der Waals surface area contributed by atoms with Gasteiger partial charge in [0.1, 0.15) is 5.50 Å². The number of hydrogen-bond acceptors (Lipinski definition) is 6. The van der Waals surface area contributed by atoms with Crippen molar-refractivity contribution in [1.82, 2.24) is 10.6 Å². The van der Waals surface area contributed by atoms with Gasteiger partial charge in [0.15, 0.2) is 11.5 Å². The molecule has 0 fully saturated rings. The fourth-order valence-electron chi connectivity index (χ4n) is 3.69. The van der Waals surface area contributed by atoms with Crippen LogP contribution < -0.4 is 20.1 Å². The van der Waals surface area contributed by atoms with Crippen LogP contribution in [0, 0.1) is 11.8 Å². The molecule has 164 valence electrons. The first kappa shape index (κ1) is 21.9. The SMILES string of the molecule is CC(C)C1=C(c2ccc(Cl)cc2)NC(NCC(Cc2cccc3c2OCO3)C(=O)O)S1. The molecular weight excluding hydrogens is 436 g/mol. The molecule has 0 saturated carbocycles. The Labute approximate surface area is 191 Å². The minimum Gasteiger partial charge on any atom is -0.481 e. The van der Waals surface area contributed by atoms with E-state index in [0.29, 0.717) is 35.4 Å². The van der Waals surface area contributed by atoms with Crippen molar-refractivity contribution in [2.45, 2.75) is 25.8 Å². The highest BCUT2D eigenvalue weighted by atomic mass is 35.5. The summed E-state index contributed by atoms with van der Waals surface area (Å²) >= 11 is 7.73. The van der Waals surface area contributed by atoms with Gasteiger partial charge in [0.25, 0.3) is 0 Å². The third kappa shape index (κ3) is 4.95. The second-order valence-electron chi connectivity index (χ2n) is 7.84. The van der Waals surface area contributed by atoms with Gasteiger partial charge in [-0.1, -0.05) is 61.5 Å². The number of aliphatic carboxylic acids is 1. The van der Waals surface area contributed by atoms with E-state index in [0.717, 1.165) is 16.8 Å². The lowest BCUT2D eigenvalue weighted by molar-refractivity contribution is -0.141. The summed E-state index contributed by atoms with van der Waals surface area (Å²) < 4.78 is 10.9. The van der Waals surface area contributed by atoms with Gasteiger partial charge in [0.2, 0.25) is 6.79 Å². The summed E-state index contributed by atoms with van der Waals surface area (Å²) in [6.07, 6.45) is 0.362. The summed E-state index contributed by atoms with van der Waals surface area (Å²) in [5.41, 5.74) is 2.87. The van der Waals surface area contributed by atoms with Gasteiger partial charge in [0.05, 0.1) is 11.6 Å². The molecule has 0 aromatic heterocycles. The van der Waals surface area contributed by atoms with E-state index >= 15 is 0 Å². The monoisotopic (exact) mass is 460 g/mol. The normalized spacial score (nSPS) is 18.4. The first-order chi connectivity index (χ1) is 14.9. The second kappa shape index (κ2) is 9.42. The number of fused-ring (bicyclic) bond motifs is 1. The predicted molar refractivity (Wildman–Crippen MR) is 123 cm³/mol. The fraction of sp³-hybridized carbons (Fsp3) is 0.348. The molecule has 0 radical (unpaired) electrons. The van der Waals surface area contributed by atoms with Gasteiger partial charge in [-0.3, -0.25) is 10.1 Å². The quantitative estimate of drug-likeness (QED) is 0.533. The molecule has 2 aromatic rings. The van der Waals surface area contributed by atoms with Crippen LogP contribution >= 0.6 is 23.4 Å². The van der Waals surface area contributed by atoms with Crippen molar-refractivity contribution < 1.29 is 19.4 Å². The smallest absolute Gasteiger partial charge is 0.308 e. The maximum absolute atomic E-state index is 11.9. The number of rotatable bonds is 8. The topological polar surface area (TPSA) is 79.8 Å². The highest BCUT2D eigenvalue weighted by molar-refractivity contribution is 8.04. The molecule has 2 atom stereocenters. The largest absolute Gasteiger partial charge is 0.481 e. The molecular formula is C23H25ClN2O4S. The van der Waals surface area contributed by atoms with Crippen molar-refractivity contribution in [2.75, 3.05) is 13.3 Å². The summed E-state index contributed by atoms with van der Waals surface area (Å²) in [5.74, 6) is 0.216. The summed E-state index contributed by atoms with van der Waals surface area (Å²) in [6, 6.07) is 13.3. The molecule has 0 saturated heterocycles. The molecule has 0 amide bonds. The Balaban J connectivity index is 1.42.